The summed E-state index contributed by atoms with van der Waals surface area (Å²) in [6.07, 6.45) is 0.700. The standard InChI is InChI=1S/C15H26N2O/c1-13(17(4)12-8-11-16(2)3)15(18)14-9-6-5-7-10-14/h5-7,9-10,13,15,18H,8,11-12H2,1-4H3. The van der Waals surface area contributed by atoms with Crippen molar-refractivity contribution in [3.8, 4) is 0 Å². The van der Waals surface area contributed by atoms with Gasteiger partial charge in [-0.05, 0) is 53.1 Å². The van der Waals surface area contributed by atoms with E-state index in [0.29, 0.717) is 0 Å². The molecule has 1 rings (SSSR count). The fourth-order valence-electron chi connectivity index (χ4n) is 2.01. The van der Waals surface area contributed by atoms with E-state index in [1.807, 2.05) is 30.3 Å². The van der Waals surface area contributed by atoms with Crippen molar-refractivity contribution in [1.82, 2.24) is 9.80 Å². The van der Waals surface area contributed by atoms with Crippen LogP contribution in [0.2, 0.25) is 0 Å². The first-order valence-electron chi connectivity index (χ1n) is 6.60. The van der Waals surface area contributed by atoms with Crippen LogP contribution < -0.4 is 0 Å². The molecule has 0 aliphatic heterocycles. The molecular weight excluding hydrogens is 224 g/mol. The molecule has 0 heterocycles. The fraction of sp³-hybridized carbons (Fsp3) is 0.600. The summed E-state index contributed by atoms with van der Waals surface area (Å²) in [5.74, 6) is 0. The third-order valence-electron chi connectivity index (χ3n) is 3.41. The summed E-state index contributed by atoms with van der Waals surface area (Å²) in [6, 6.07) is 10.0. The number of aliphatic hydroxyl groups is 1. The van der Waals surface area contributed by atoms with Gasteiger partial charge in [0, 0.05) is 6.04 Å². The van der Waals surface area contributed by atoms with Gasteiger partial charge in [0.15, 0.2) is 0 Å². The Bertz CT molecular complexity index is 327. The van der Waals surface area contributed by atoms with E-state index >= 15 is 0 Å². The summed E-state index contributed by atoms with van der Waals surface area (Å²) >= 11 is 0. The van der Waals surface area contributed by atoms with Crippen LogP contribution in [0.15, 0.2) is 30.3 Å². The number of rotatable bonds is 7. The summed E-state index contributed by atoms with van der Waals surface area (Å²) in [4.78, 5) is 4.41. The second-order valence-electron chi connectivity index (χ2n) is 5.23. The van der Waals surface area contributed by atoms with Gasteiger partial charge in [0.2, 0.25) is 0 Å². The highest BCUT2D eigenvalue weighted by atomic mass is 16.3. The molecule has 0 spiro atoms. The van der Waals surface area contributed by atoms with Crippen molar-refractivity contribution in [3.63, 3.8) is 0 Å². The normalized spacial score (nSPS) is 15.1. The Morgan fingerprint density at radius 3 is 2.22 bits per heavy atom. The van der Waals surface area contributed by atoms with Crippen LogP contribution in [0.3, 0.4) is 0 Å². The lowest BCUT2D eigenvalue weighted by Gasteiger charge is -2.29. The number of hydrogen-bond donors (Lipinski definition) is 1. The summed E-state index contributed by atoms with van der Waals surface area (Å²) < 4.78 is 0. The molecule has 1 aromatic carbocycles. The highest BCUT2D eigenvalue weighted by Crippen LogP contribution is 2.19. The van der Waals surface area contributed by atoms with E-state index in [4.69, 9.17) is 0 Å². The SMILES string of the molecule is CC(C(O)c1ccccc1)N(C)CCCN(C)C. The third-order valence-corrected chi connectivity index (χ3v) is 3.41. The monoisotopic (exact) mass is 250 g/mol. The first kappa shape index (κ1) is 15.2. The molecule has 0 amide bonds. The molecule has 0 saturated carbocycles. The van der Waals surface area contributed by atoms with Crippen LogP contribution in [0.1, 0.15) is 25.0 Å². The topological polar surface area (TPSA) is 26.7 Å². The molecule has 0 aliphatic carbocycles. The van der Waals surface area contributed by atoms with E-state index in [0.717, 1.165) is 25.1 Å². The van der Waals surface area contributed by atoms with Crippen molar-refractivity contribution >= 4 is 0 Å². The van der Waals surface area contributed by atoms with Gasteiger partial charge in [0.25, 0.3) is 0 Å². The van der Waals surface area contributed by atoms with Gasteiger partial charge in [-0.15, -0.1) is 0 Å². The Labute approximate surface area is 111 Å². The summed E-state index contributed by atoms with van der Waals surface area (Å²) in [5.41, 5.74) is 0.990. The molecule has 3 nitrogen and oxygen atoms in total. The maximum Gasteiger partial charge on any atom is 0.0942 e. The zero-order valence-electron chi connectivity index (χ0n) is 12.0. The quantitative estimate of drug-likeness (QED) is 0.802. The predicted molar refractivity (Wildman–Crippen MR) is 76.7 cm³/mol. The Morgan fingerprint density at radius 1 is 1.06 bits per heavy atom. The van der Waals surface area contributed by atoms with Crippen molar-refractivity contribution in [2.24, 2.45) is 0 Å². The molecule has 1 N–H and O–H groups in total. The van der Waals surface area contributed by atoms with Crippen LogP contribution in [0, 0.1) is 0 Å². The molecule has 0 bridgehead atoms. The van der Waals surface area contributed by atoms with Crippen LogP contribution in [-0.2, 0) is 0 Å². The van der Waals surface area contributed by atoms with Crippen LogP contribution in [-0.4, -0.2) is 55.2 Å². The van der Waals surface area contributed by atoms with Gasteiger partial charge in [-0.25, -0.2) is 0 Å². The average molecular weight is 250 g/mol. The molecule has 0 aromatic heterocycles. The minimum Gasteiger partial charge on any atom is -0.387 e. The molecule has 18 heavy (non-hydrogen) atoms. The van der Waals surface area contributed by atoms with Gasteiger partial charge >= 0.3 is 0 Å². The van der Waals surface area contributed by atoms with Crippen molar-refractivity contribution in [2.75, 3.05) is 34.2 Å². The Hall–Kier alpha value is -0.900. The molecule has 0 aliphatic rings. The average Bonchev–Trinajstić information content (AvgIpc) is 2.37. The molecular formula is C15H26N2O. The Kier molecular flexibility index (Phi) is 6.33. The summed E-state index contributed by atoms with van der Waals surface area (Å²) in [6.45, 7) is 4.16. The zero-order chi connectivity index (χ0) is 13.5. The summed E-state index contributed by atoms with van der Waals surface area (Å²) in [5, 5.41) is 10.3. The molecule has 2 unspecified atom stereocenters. The van der Waals surface area contributed by atoms with E-state index in [1.165, 1.54) is 0 Å². The number of benzene rings is 1. The lowest BCUT2D eigenvalue weighted by atomic mass is 10.0. The van der Waals surface area contributed by atoms with E-state index in [-0.39, 0.29) is 6.04 Å². The molecule has 3 heteroatoms. The van der Waals surface area contributed by atoms with Gasteiger partial charge in [-0.3, -0.25) is 0 Å². The largest absolute Gasteiger partial charge is 0.387 e. The lowest BCUT2D eigenvalue weighted by Crippen LogP contribution is -2.36. The molecule has 2 atom stereocenters. The van der Waals surface area contributed by atoms with Crippen LogP contribution in [0.5, 0.6) is 0 Å². The molecule has 0 radical (unpaired) electrons. The third kappa shape index (κ3) is 4.77. The molecule has 102 valence electrons. The number of nitrogens with zero attached hydrogens (tertiary/aromatic N) is 2. The Balaban J connectivity index is 2.45. The first-order valence-corrected chi connectivity index (χ1v) is 6.60. The second-order valence-corrected chi connectivity index (χ2v) is 5.23. The van der Waals surface area contributed by atoms with Gasteiger partial charge < -0.3 is 14.9 Å². The van der Waals surface area contributed by atoms with Crippen LogP contribution >= 0.6 is 0 Å². The van der Waals surface area contributed by atoms with Gasteiger partial charge in [0.05, 0.1) is 6.10 Å². The first-order chi connectivity index (χ1) is 8.52. The lowest BCUT2D eigenvalue weighted by molar-refractivity contribution is 0.0710. The van der Waals surface area contributed by atoms with E-state index in [2.05, 4.69) is 37.9 Å². The predicted octanol–water partition coefficient (Wildman–Crippen LogP) is 1.99. The maximum atomic E-state index is 10.3. The number of likely N-dealkylation sites (N-methyl/N-ethyl adjacent to an activating group) is 1. The van der Waals surface area contributed by atoms with E-state index in [9.17, 15) is 5.11 Å². The van der Waals surface area contributed by atoms with Crippen molar-refractivity contribution in [1.29, 1.82) is 0 Å². The highest BCUT2D eigenvalue weighted by molar-refractivity contribution is 5.18. The fourth-order valence-corrected chi connectivity index (χ4v) is 2.01. The van der Waals surface area contributed by atoms with Crippen LogP contribution in [0.4, 0.5) is 0 Å². The molecule has 1 aromatic rings. The smallest absolute Gasteiger partial charge is 0.0942 e. The van der Waals surface area contributed by atoms with Crippen molar-refractivity contribution < 1.29 is 5.11 Å². The Morgan fingerprint density at radius 2 is 1.67 bits per heavy atom. The molecule has 0 fully saturated rings. The highest BCUT2D eigenvalue weighted by Gasteiger charge is 2.19. The van der Waals surface area contributed by atoms with E-state index < -0.39 is 6.10 Å². The number of aliphatic hydroxyl groups excluding tert-OH is 1. The second kappa shape index (κ2) is 7.52. The summed E-state index contributed by atoms with van der Waals surface area (Å²) in [7, 11) is 6.25. The van der Waals surface area contributed by atoms with Gasteiger partial charge in [0.1, 0.15) is 0 Å². The van der Waals surface area contributed by atoms with Gasteiger partial charge in [-0.2, -0.15) is 0 Å². The molecule has 0 saturated heterocycles. The van der Waals surface area contributed by atoms with E-state index in [1.54, 1.807) is 0 Å². The van der Waals surface area contributed by atoms with Crippen molar-refractivity contribution in [3.05, 3.63) is 35.9 Å². The minimum atomic E-state index is -0.421. The number of hydrogen-bond acceptors (Lipinski definition) is 3. The van der Waals surface area contributed by atoms with Gasteiger partial charge in [-0.1, -0.05) is 30.3 Å². The zero-order valence-corrected chi connectivity index (χ0v) is 12.0. The maximum absolute atomic E-state index is 10.3. The van der Waals surface area contributed by atoms with Crippen molar-refractivity contribution in [2.45, 2.75) is 25.5 Å². The van der Waals surface area contributed by atoms with Crippen LogP contribution in [0.25, 0.3) is 0 Å². The minimum absolute atomic E-state index is 0.134.